The summed E-state index contributed by atoms with van der Waals surface area (Å²) in [6.45, 7) is 8.39. The Morgan fingerprint density at radius 3 is 2.55 bits per heavy atom. The molecule has 6 nitrogen and oxygen atoms in total. The molecule has 0 aromatic heterocycles. The summed E-state index contributed by atoms with van der Waals surface area (Å²) in [7, 11) is 5.73. The Morgan fingerprint density at radius 2 is 1.86 bits per heavy atom. The van der Waals surface area contributed by atoms with Gasteiger partial charge in [-0.2, -0.15) is 0 Å². The van der Waals surface area contributed by atoms with Crippen LogP contribution < -0.4 is 10.6 Å². The maximum absolute atomic E-state index is 5.07. The number of methoxy groups -OCH3 is 1. The summed E-state index contributed by atoms with van der Waals surface area (Å²) in [6.07, 6.45) is 5.17. The average Bonchev–Trinajstić information content (AvgIpc) is 2.54. The van der Waals surface area contributed by atoms with E-state index in [0.29, 0.717) is 0 Å². The average molecular weight is 313 g/mol. The Labute approximate surface area is 136 Å². The first-order chi connectivity index (χ1) is 10.8. The molecule has 6 heteroatoms. The van der Waals surface area contributed by atoms with Crippen LogP contribution in [0.15, 0.2) is 4.99 Å². The second kappa shape index (κ2) is 12.7. The van der Waals surface area contributed by atoms with Crippen molar-refractivity contribution >= 4 is 5.96 Å². The molecule has 1 aliphatic heterocycles. The third kappa shape index (κ3) is 9.23. The van der Waals surface area contributed by atoms with Crippen LogP contribution >= 0.6 is 0 Å². The first kappa shape index (κ1) is 19.2. The molecule has 130 valence electrons. The molecule has 1 fully saturated rings. The minimum atomic E-state index is 0.831. The molecular formula is C16H35N5O. The molecule has 0 radical (unpaired) electrons. The minimum Gasteiger partial charge on any atom is -0.385 e. The van der Waals surface area contributed by atoms with Crippen molar-refractivity contribution in [2.45, 2.75) is 25.7 Å². The van der Waals surface area contributed by atoms with Gasteiger partial charge in [0.1, 0.15) is 0 Å². The first-order valence-corrected chi connectivity index (χ1v) is 8.60. The zero-order valence-corrected chi connectivity index (χ0v) is 14.7. The second-order valence-corrected chi connectivity index (χ2v) is 5.98. The summed E-state index contributed by atoms with van der Waals surface area (Å²) >= 11 is 0. The predicted octanol–water partition coefficient (Wildman–Crippen LogP) is 0.606. The van der Waals surface area contributed by atoms with E-state index in [1.54, 1.807) is 7.11 Å². The van der Waals surface area contributed by atoms with Gasteiger partial charge in [-0.3, -0.25) is 4.99 Å². The van der Waals surface area contributed by atoms with Gasteiger partial charge >= 0.3 is 0 Å². The fourth-order valence-electron chi connectivity index (χ4n) is 2.69. The Kier molecular flexibility index (Phi) is 11.1. The number of hydrogen-bond acceptors (Lipinski definition) is 4. The monoisotopic (exact) mass is 313 g/mol. The van der Waals surface area contributed by atoms with Gasteiger partial charge in [0, 0.05) is 53.5 Å². The molecule has 0 bridgehead atoms. The van der Waals surface area contributed by atoms with E-state index in [4.69, 9.17) is 4.74 Å². The Morgan fingerprint density at radius 1 is 1.14 bits per heavy atom. The zero-order valence-electron chi connectivity index (χ0n) is 14.7. The molecule has 0 unspecified atom stereocenters. The second-order valence-electron chi connectivity index (χ2n) is 5.98. The van der Waals surface area contributed by atoms with E-state index < -0.39 is 0 Å². The number of likely N-dealkylation sites (N-methyl/N-ethyl adjacent to an activating group) is 1. The van der Waals surface area contributed by atoms with Crippen LogP contribution in [-0.2, 0) is 4.74 Å². The van der Waals surface area contributed by atoms with E-state index in [-0.39, 0.29) is 0 Å². The third-order valence-corrected chi connectivity index (χ3v) is 4.07. The van der Waals surface area contributed by atoms with Crippen LogP contribution in [0.25, 0.3) is 0 Å². The van der Waals surface area contributed by atoms with Crippen LogP contribution in [0.2, 0.25) is 0 Å². The number of likely N-dealkylation sites (tertiary alicyclic amines) is 1. The highest BCUT2D eigenvalue weighted by Gasteiger charge is 2.09. The van der Waals surface area contributed by atoms with Gasteiger partial charge in [0.15, 0.2) is 5.96 Å². The van der Waals surface area contributed by atoms with Crippen LogP contribution in [0.1, 0.15) is 25.7 Å². The smallest absolute Gasteiger partial charge is 0.191 e. The predicted molar refractivity (Wildman–Crippen MR) is 93.6 cm³/mol. The molecule has 1 heterocycles. The van der Waals surface area contributed by atoms with Gasteiger partial charge in [-0.05, 0) is 39.4 Å². The Bertz CT molecular complexity index is 292. The summed E-state index contributed by atoms with van der Waals surface area (Å²) in [5.41, 5.74) is 0. The van der Waals surface area contributed by atoms with Crippen molar-refractivity contribution in [3.63, 3.8) is 0 Å². The highest BCUT2D eigenvalue weighted by atomic mass is 16.5. The van der Waals surface area contributed by atoms with Gasteiger partial charge in [0.25, 0.3) is 0 Å². The van der Waals surface area contributed by atoms with Gasteiger partial charge in [0.05, 0.1) is 0 Å². The number of piperidine rings is 1. The number of rotatable bonds is 10. The summed E-state index contributed by atoms with van der Waals surface area (Å²) in [6, 6.07) is 0. The molecule has 0 aromatic carbocycles. The lowest BCUT2D eigenvalue weighted by Gasteiger charge is -2.26. The minimum absolute atomic E-state index is 0.831. The van der Waals surface area contributed by atoms with E-state index in [2.05, 4.69) is 32.5 Å². The number of guanidine groups is 1. The van der Waals surface area contributed by atoms with E-state index in [0.717, 1.165) is 51.7 Å². The van der Waals surface area contributed by atoms with E-state index >= 15 is 0 Å². The van der Waals surface area contributed by atoms with Crippen molar-refractivity contribution < 1.29 is 4.74 Å². The molecule has 0 amide bonds. The first-order valence-electron chi connectivity index (χ1n) is 8.60. The molecule has 2 N–H and O–H groups in total. The highest BCUT2D eigenvalue weighted by Crippen LogP contribution is 2.07. The van der Waals surface area contributed by atoms with Gasteiger partial charge in [-0.15, -0.1) is 0 Å². The number of hydrogen-bond donors (Lipinski definition) is 2. The lowest BCUT2D eigenvalue weighted by atomic mass is 10.1. The molecule has 22 heavy (non-hydrogen) atoms. The standard InChI is InChI=1S/C16H35N5O/c1-17-16(18-8-13-20(2)10-7-15-22-3)19-9-14-21-11-5-4-6-12-21/h4-15H2,1-3H3,(H2,17,18,19). The lowest BCUT2D eigenvalue weighted by molar-refractivity contribution is 0.180. The largest absolute Gasteiger partial charge is 0.385 e. The molecule has 0 aromatic rings. The Hall–Kier alpha value is -0.850. The van der Waals surface area contributed by atoms with E-state index in [1.165, 1.54) is 32.4 Å². The van der Waals surface area contributed by atoms with Crippen LogP contribution in [0.3, 0.4) is 0 Å². The summed E-state index contributed by atoms with van der Waals surface area (Å²) in [4.78, 5) is 9.13. The Balaban J connectivity index is 2.04. The van der Waals surface area contributed by atoms with Crippen LogP contribution in [0.5, 0.6) is 0 Å². The molecule has 0 saturated carbocycles. The molecule has 0 spiro atoms. The molecule has 0 aliphatic carbocycles. The zero-order chi connectivity index (χ0) is 16.0. The third-order valence-electron chi connectivity index (χ3n) is 4.07. The summed E-state index contributed by atoms with van der Waals surface area (Å²) in [5.74, 6) is 0.905. The van der Waals surface area contributed by atoms with Gasteiger partial charge in [-0.1, -0.05) is 6.42 Å². The van der Waals surface area contributed by atoms with Crippen molar-refractivity contribution in [1.29, 1.82) is 0 Å². The van der Waals surface area contributed by atoms with Crippen LogP contribution in [0.4, 0.5) is 0 Å². The van der Waals surface area contributed by atoms with Gasteiger partial charge < -0.3 is 25.2 Å². The topological polar surface area (TPSA) is 52.1 Å². The maximum atomic E-state index is 5.07. The molecule has 1 saturated heterocycles. The van der Waals surface area contributed by atoms with Gasteiger partial charge in [0.2, 0.25) is 0 Å². The molecule has 1 aliphatic rings. The normalized spacial score (nSPS) is 17.0. The van der Waals surface area contributed by atoms with Crippen molar-refractivity contribution in [3.05, 3.63) is 0 Å². The summed E-state index contributed by atoms with van der Waals surface area (Å²) < 4.78 is 5.07. The van der Waals surface area contributed by atoms with Crippen LogP contribution in [-0.4, -0.2) is 89.4 Å². The number of aliphatic imine (C=N–C) groups is 1. The maximum Gasteiger partial charge on any atom is 0.191 e. The molecule has 0 atom stereocenters. The lowest BCUT2D eigenvalue weighted by Crippen LogP contribution is -2.44. The van der Waals surface area contributed by atoms with Crippen molar-refractivity contribution in [2.75, 3.05) is 73.6 Å². The van der Waals surface area contributed by atoms with Crippen LogP contribution in [0, 0.1) is 0 Å². The quantitative estimate of drug-likeness (QED) is 0.351. The SMILES string of the molecule is CN=C(NCCN(C)CCCOC)NCCN1CCCCC1. The molecular weight excluding hydrogens is 278 g/mol. The van der Waals surface area contributed by atoms with E-state index in [1.807, 2.05) is 7.05 Å². The number of ether oxygens (including phenoxy) is 1. The highest BCUT2D eigenvalue weighted by molar-refractivity contribution is 5.79. The van der Waals surface area contributed by atoms with E-state index in [9.17, 15) is 0 Å². The summed E-state index contributed by atoms with van der Waals surface area (Å²) in [5, 5.41) is 6.78. The fraction of sp³-hybridized carbons (Fsp3) is 0.938. The fourth-order valence-corrected chi connectivity index (χ4v) is 2.69. The number of nitrogens with zero attached hydrogens (tertiary/aromatic N) is 3. The van der Waals surface area contributed by atoms with Crippen molar-refractivity contribution in [1.82, 2.24) is 20.4 Å². The van der Waals surface area contributed by atoms with Crippen molar-refractivity contribution in [2.24, 2.45) is 4.99 Å². The number of nitrogens with one attached hydrogen (secondary N) is 2. The van der Waals surface area contributed by atoms with Gasteiger partial charge in [-0.25, -0.2) is 0 Å². The molecule has 1 rings (SSSR count). The van der Waals surface area contributed by atoms with Crippen molar-refractivity contribution in [3.8, 4) is 0 Å².